The van der Waals surface area contributed by atoms with Crippen LogP contribution in [0.25, 0.3) is 11.3 Å². The van der Waals surface area contributed by atoms with E-state index in [4.69, 9.17) is 14.2 Å². The van der Waals surface area contributed by atoms with E-state index in [0.29, 0.717) is 25.0 Å². The van der Waals surface area contributed by atoms with Gasteiger partial charge >= 0.3 is 0 Å². The van der Waals surface area contributed by atoms with Gasteiger partial charge in [0.2, 0.25) is 11.8 Å². The van der Waals surface area contributed by atoms with Crippen molar-refractivity contribution in [1.82, 2.24) is 15.2 Å². The summed E-state index contributed by atoms with van der Waals surface area (Å²) in [6.07, 6.45) is 13.5. The van der Waals surface area contributed by atoms with Crippen molar-refractivity contribution in [3.8, 4) is 23.0 Å². The van der Waals surface area contributed by atoms with Gasteiger partial charge in [0.1, 0.15) is 0 Å². The van der Waals surface area contributed by atoms with Crippen LogP contribution < -0.4 is 9.47 Å². The number of pyridine rings is 1. The van der Waals surface area contributed by atoms with Crippen LogP contribution in [-0.4, -0.2) is 41.6 Å². The summed E-state index contributed by atoms with van der Waals surface area (Å²) in [5, 5.41) is 8.44. The summed E-state index contributed by atoms with van der Waals surface area (Å²) in [6.45, 7) is 7.40. The lowest BCUT2D eigenvalue weighted by Crippen LogP contribution is -2.03. The van der Waals surface area contributed by atoms with Gasteiger partial charge in [-0.1, -0.05) is 52.4 Å². The van der Waals surface area contributed by atoms with Crippen LogP contribution in [0.5, 0.6) is 11.8 Å². The fraction of sp³-hybridized carbons (Fsp3) is 0.640. The molecule has 0 saturated carbocycles. The predicted octanol–water partition coefficient (Wildman–Crippen LogP) is 6.25. The van der Waals surface area contributed by atoms with Gasteiger partial charge in [0.15, 0.2) is 0 Å². The van der Waals surface area contributed by atoms with Gasteiger partial charge in [-0.15, -0.1) is 10.2 Å². The quantitative estimate of drug-likeness (QED) is 0.261. The van der Waals surface area contributed by atoms with Crippen LogP contribution in [0.3, 0.4) is 0 Å². The van der Waals surface area contributed by atoms with Crippen LogP contribution in [0, 0.1) is 0 Å². The molecule has 0 radical (unpaired) electrons. The molecule has 6 nitrogen and oxygen atoms in total. The molecule has 6 heteroatoms. The van der Waals surface area contributed by atoms with E-state index < -0.39 is 0 Å². The monoisotopic (exact) mass is 429 g/mol. The molecule has 31 heavy (non-hydrogen) atoms. The van der Waals surface area contributed by atoms with E-state index in [1.54, 1.807) is 6.20 Å². The molecule has 0 aromatic carbocycles. The lowest BCUT2D eigenvalue weighted by molar-refractivity contribution is 0.123. The third-order valence-corrected chi connectivity index (χ3v) is 5.00. The summed E-state index contributed by atoms with van der Waals surface area (Å²) in [5.41, 5.74) is 1.68. The number of aromatic nitrogens is 3. The second-order valence-corrected chi connectivity index (χ2v) is 7.78. The Balaban J connectivity index is 1.63. The number of rotatable bonds is 18. The van der Waals surface area contributed by atoms with Crippen molar-refractivity contribution in [2.45, 2.75) is 78.1 Å². The Morgan fingerprint density at radius 2 is 1.26 bits per heavy atom. The first-order valence-corrected chi connectivity index (χ1v) is 12.0. The number of nitrogens with zero attached hydrogens (tertiary/aromatic N) is 3. The van der Waals surface area contributed by atoms with Crippen molar-refractivity contribution in [3.63, 3.8) is 0 Å². The minimum atomic E-state index is 0.573. The third kappa shape index (κ3) is 11.1. The molecule has 2 heterocycles. The minimum Gasteiger partial charge on any atom is -0.478 e. The Kier molecular flexibility index (Phi) is 13.3. The second-order valence-electron chi connectivity index (χ2n) is 7.78. The molecule has 0 aliphatic heterocycles. The topological polar surface area (TPSA) is 66.4 Å². The summed E-state index contributed by atoms with van der Waals surface area (Å²) in [6, 6.07) is 7.61. The first-order valence-electron chi connectivity index (χ1n) is 12.0. The number of hydrogen-bond donors (Lipinski definition) is 0. The highest BCUT2D eigenvalue weighted by Gasteiger charge is 2.04. The number of ether oxygens (including phenoxy) is 3. The highest BCUT2D eigenvalue weighted by molar-refractivity contribution is 5.57. The first kappa shape index (κ1) is 25.1. The van der Waals surface area contributed by atoms with Gasteiger partial charge in [-0.2, -0.15) is 0 Å². The van der Waals surface area contributed by atoms with Crippen LogP contribution in [0.4, 0.5) is 0 Å². The summed E-state index contributed by atoms with van der Waals surface area (Å²) < 4.78 is 17.0. The molecule has 0 unspecified atom stereocenters. The van der Waals surface area contributed by atoms with Gasteiger partial charge in [-0.3, -0.25) is 0 Å². The zero-order valence-corrected chi connectivity index (χ0v) is 19.4. The molecular weight excluding hydrogens is 390 g/mol. The summed E-state index contributed by atoms with van der Waals surface area (Å²) >= 11 is 0. The summed E-state index contributed by atoms with van der Waals surface area (Å²) in [7, 11) is 0. The standard InChI is InChI=1S/C25H39N3O3/c1-3-5-7-8-9-10-19-31-25-16-14-23(27-28-25)22-13-15-24(26-21-22)30-20-12-11-18-29-17-6-4-2/h13-16,21H,3-12,17-20H2,1-2H3. The molecule has 0 fully saturated rings. The van der Waals surface area contributed by atoms with E-state index in [-0.39, 0.29) is 0 Å². The Hall–Kier alpha value is -2.21. The van der Waals surface area contributed by atoms with Crippen molar-refractivity contribution in [2.75, 3.05) is 26.4 Å². The van der Waals surface area contributed by atoms with Crippen molar-refractivity contribution >= 4 is 0 Å². The van der Waals surface area contributed by atoms with E-state index in [2.05, 4.69) is 29.0 Å². The molecule has 0 bridgehead atoms. The molecular formula is C25H39N3O3. The van der Waals surface area contributed by atoms with Crippen LogP contribution in [0.1, 0.15) is 78.1 Å². The van der Waals surface area contributed by atoms with E-state index in [1.807, 2.05) is 24.3 Å². The zero-order valence-electron chi connectivity index (χ0n) is 19.4. The van der Waals surface area contributed by atoms with Crippen molar-refractivity contribution in [1.29, 1.82) is 0 Å². The molecule has 0 atom stereocenters. The first-order chi connectivity index (χ1) is 15.3. The van der Waals surface area contributed by atoms with E-state index >= 15 is 0 Å². The fourth-order valence-electron chi connectivity index (χ4n) is 3.06. The van der Waals surface area contributed by atoms with Gasteiger partial charge in [0.25, 0.3) is 0 Å². The Morgan fingerprint density at radius 3 is 1.97 bits per heavy atom. The maximum absolute atomic E-state index is 5.71. The second kappa shape index (κ2) is 16.5. The van der Waals surface area contributed by atoms with Crippen molar-refractivity contribution in [2.24, 2.45) is 0 Å². The molecule has 172 valence electrons. The van der Waals surface area contributed by atoms with Crippen LogP contribution in [0.15, 0.2) is 30.5 Å². The van der Waals surface area contributed by atoms with E-state index in [1.165, 1.54) is 38.5 Å². The summed E-state index contributed by atoms with van der Waals surface area (Å²) in [4.78, 5) is 4.37. The maximum atomic E-state index is 5.71. The van der Waals surface area contributed by atoms with Crippen LogP contribution >= 0.6 is 0 Å². The summed E-state index contributed by atoms with van der Waals surface area (Å²) in [5.74, 6) is 1.20. The third-order valence-electron chi connectivity index (χ3n) is 5.00. The smallest absolute Gasteiger partial charge is 0.233 e. The maximum Gasteiger partial charge on any atom is 0.233 e. The Morgan fingerprint density at radius 1 is 0.613 bits per heavy atom. The van der Waals surface area contributed by atoms with Gasteiger partial charge in [-0.25, -0.2) is 4.98 Å². The van der Waals surface area contributed by atoms with E-state index in [9.17, 15) is 0 Å². The highest BCUT2D eigenvalue weighted by atomic mass is 16.5. The largest absolute Gasteiger partial charge is 0.478 e. The average Bonchev–Trinajstić information content (AvgIpc) is 2.81. The molecule has 0 aliphatic rings. The molecule has 2 rings (SSSR count). The lowest BCUT2D eigenvalue weighted by Gasteiger charge is -2.07. The Bertz CT molecular complexity index is 677. The highest BCUT2D eigenvalue weighted by Crippen LogP contribution is 2.19. The molecule has 0 N–H and O–H groups in total. The molecule has 0 spiro atoms. The van der Waals surface area contributed by atoms with Crippen LogP contribution in [0.2, 0.25) is 0 Å². The minimum absolute atomic E-state index is 0.573. The molecule has 0 amide bonds. The van der Waals surface area contributed by atoms with Gasteiger partial charge in [0, 0.05) is 37.1 Å². The van der Waals surface area contributed by atoms with Crippen molar-refractivity contribution < 1.29 is 14.2 Å². The molecule has 0 saturated heterocycles. The number of hydrogen-bond acceptors (Lipinski definition) is 6. The van der Waals surface area contributed by atoms with Crippen molar-refractivity contribution in [3.05, 3.63) is 30.5 Å². The average molecular weight is 430 g/mol. The molecule has 2 aromatic rings. The van der Waals surface area contributed by atoms with Crippen LogP contribution in [-0.2, 0) is 4.74 Å². The van der Waals surface area contributed by atoms with Gasteiger partial charge < -0.3 is 14.2 Å². The normalized spacial score (nSPS) is 10.9. The molecule has 2 aromatic heterocycles. The lowest BCUT2D eigenvalue weighted by atomic mass is 10.1. The Labute approximate surface area is 187 Å². The SMILES string of the molecule is CCCCCCCCOc1ccc(-c2ccc(OCCCCOCCCC)nc2)nn1. The van der Waals surface area contributed by atoms with E-state index in [0.717, 1.165) is 50.2 Å². The number of unbranched alkanes of at least 4 members (excludes halogenated alkanes) is 7. The van der Waals surface area contributed by atoms with Gasteiger partial charge in [-0.05, 0) is 37.8 Å². The predicted molar refractivity (Wildman–Crippen MR) is 125 cm³/mol. The zero-order chi connectivity index (χ0) is 22.0. The molecule has 0 aliphatic carbocycles. The fourth-order valence-corrected chi connectivity index (χ4v) is 3.06. The van der Waals surface area contributed by atoms with Gasteiger partial charge in [0.05, 0.1) is 18.9 Å².